The minimum absolute atomic E-state index is 0.539. The highest BCUT2D eigenvalue weighted by Gasteiger charge is 2.21. The normalized spacial score (nSPS) is 12.9. The van der Waals surface area contributed by atoms with E-state index in [1.54, 1.807) is 30.8 Å². The Balaban J connectivity index is 2.74. The monoisotopic (exact) mass is 238 g/mol. The summed E-state index contributed by atoms with van der Waals surface area (Å²) in [5.74, 6) is -1.47. The summed E-state index contributed by atoms with van der Waals surface area (Å²) in [6.07, 6.45) is 0. The number of aryl methyl sites for hydroxylation is 1. The van der Waals surface area contributed by atoms with Crippen molar-refractivity contribution in [3.63, 3.8) is 0 Å². The van der Waals surface area contributed by atoms with Crippen molar-refractivity contribution in [2.45, 2.75) is 12.8 Å². The second-order valence-electron chi connectivity index (χ2n) is 3.70. The molecule has 5 heteroatoms. The summed E-state index contributed by atoms with van der Waals surface area (Å²) in [4.78, 5) is 11.0. The van der Waals surface area contributed by atoms with Crippen LogP contribution in [0, 0.1) is 0 Å². The maximum absolute atomic E-state index is 11.0. The van der Waals surface area contributed by atoms with E-state index in [4.69, 9.17) is 16.7 Å². The van der Waals surface area contributed by atoms with Crippen molar-refractivity contribution < 1.29 is 9.90 Å². The van der Waals surface area contributed by atoms with Gasteiger partial charge in [-0.25, -0.2) is 0 Å². The molecule has 0 saturated heterocycles. The van der Waals surface area contributed by atoms with Crippen molar-refractivity contribution in [1.29, 1.82) is 0 Å². The number of rotatable bonds is 2. The molecule has 0 saturated carbocycles. The number of aliphatic carboxylic acids is 1. The number of hydrogen-bond acceptors (Lipinski definition) is 2. The summed E-state index contributed by atoms with van der Waals surface area (Å²) >= 11 is 6.00. The van der Waals surface area contributed by atoms with Crippen LogP contribution in [0.25, 0.3) is 10.9 Å². The van der Waals surface area contributed by atoms with Crippen LogP contribution in [0.5, 0.6) is 0 Å². The second-order valence-corrected chi connectivity index (χ2v) is 4.11. The first-order valence-corrected chi connectivity index (χ1v) is 5.24. The van der Waals surface area contributed by atoms with Crippen LogP contribution in [0.2, 0.25) is 5.02 Å². The number of carbonyl (C=O) groups is 1. The third-order valence-corrected chi connectivity index (χ3v) is 2.95. The average Bonchev–Trinajstić information content (AvgIpc) is 2.55. The molecule has 0 amide bonds. The third-order valence-electron chi connectivity index (χ3n) is 2.64. The lowest BCUT2D eigenvalue weighted by molar-refractivity contribution is -0.138. The molecule has 0 spiro atoms. The molecule has 1 heterocycles. The largest absolute Gasteiger partial charge is 0.481 e. The van der Waals surface area contributed by atoms with Gasteiger partial charge in [-0.05, 0) is 13.0 Å². The number of carboxylic acid groups (broad SMARTS) is 1. The summed E-state index contributed by atoms with van der Waals surface area (Å²) in [6.45, 7) is 1.64. The Morgan fingerprint density at radius 2 is 2.25 bits per heavy atom. The molecular formula is C11H11ClN2O2. The van der Waals surface area contributed by atoms with Crippen molar-refractivity contribution in [1.82, 2.24) is 9.78 Å². The molecule has 1 aromatic carbocycles. The fourth-order valence-electron chi connectivity index (χ4n) is 1.83. The first kappa shape index (κ1) is 11.0. The first-order valence-electron chi connectivity index (χ1n) is 4.86. The number of hydrogen-bond donors (Lipinski definition) is 1. The minimum Gasteiger partial charge on any atom is -0.481 e. The zero-order valence-electron chi connectivity index (χ0n) is 8.94. The number of benzene rings is 1. The number of carboxylic acids is 1. The molecule has 2 aromatic rings. The van der Waals surface area contributed by atoms with E-state index in [-0.39, 0.29) is 0 Å². The summed E-state index contributed by atoms with van der Waals surface area (Å²) in [5, 5.41) is 14.6. The molecule has 0 aliphatic rings. The molecule has 4 nitrogen and oxygen atoms in total. The Morgan fingerprint density at radius 1 is 1.56 bits per heavy atom. The summed E-state index contributed by atoms with van der Waals surface area (Å²) in [6, 6.07) is 5.37. The summed E-state index contributed by atoms with van der Waals surface area (Å²) in [7, 11) is 1.73. The highest BCUT2D eigenvalue weighted by molar-refractivity contribution is 6.35. The van der Waals surface area contributed by atoms with Crippen LogP contribution in [-0.2, 0) is 11.8 Å². The summed E-state index contributed by atoms with van der Waals surface area (Å²) in [5.41, 5.74) is 1.32. The smallest absolute Gasteiger partial charge is 0.312 e. The van der Waals surface area contributed by atoms with E-state index in [1.807, 2.05) is 6.07 Å². The topological polar surface area (TPSA) is 55.1 Å². The van der Waals surface area contributed by atoms with Gasteiger partial charge in [-0.2, -0.15) is 5.10 Å². The Hall–Kier alpha value is -1.55. The van der Waals surface area contributed by atoms with Crippen LogP contribution >= 0.6 is 11.6 Å². The fourth-order valence-corrected chi connectivity index (χ4v) is 2.04. The van der Waals surface area contributed by atoms with Gasteiger partial charge in [-0.15, -0.1) is 0 Å². The minimum atomic E-state index is -0.870. The Morgan fingerprint density at radius 3 is 2.88 bits per heavy atom. The molecular weight excluding hydrogens is 228 g/mol. The second kappa shape index (κ2) is 3.79. The quantitative estimate of drug-likeness (QED) is 0.874. The average molecular weight is 239 g/mol. The molecule has 1 aromatic heterocycles. The van der Waals surface area contributed by atoms with Crippen LogP contribution in [0.1, 0.15) is 18.5 Å². The van der Waals surface area contributed by atoms with Crippen molar-refractivity contribution in [2.24, 2.45) is 7.05 Å². The van der Waals surface area contributed by atoms with E-state index in [0.717, 1.165) is 5.39 Å². The number of nitrogens with zero attached hydrogens (tertiary/aromatic N) is 2. The van der Waals surface area contributed by atoms with E-state index in [9.17, 15) is 4.79 Å². The highest BCUT2D eigenvalue weighted by Crippen LogP contribution is 2.29. The van der Waals surface area contributed by atoms with Gasteiger partial charge in [0.1, 0.15) is 5.52 Å². The van der Waals surface area contributed by atoms with Gasteiger partial charge in [0.25, 0.3) is 0 Å². The summed E-state index contributed by atoms with van der Waals surface area (Å²) < 4.78 is 1.58. The lowest BCUT2D eigenvalue weighted by atomic mass is 10.0. The van der Waals surface area contributed by atoms with Crippen LogP contribution < -0.4 is 0 Å². The van der Waals surface area contributed by atoms with E-state index in [0.29, 0.717) is 16.2 Å². The molecule has 2 rings (SSSR count). The molecule has 0 aliphatic carbocycles. The van der Waals surface area contributed by atoms with Crippen LogP contribution in [0.15, 0.2) is 18.2 Å². The van der Waals surface area contributed by atoms with Gasteiger partial charge in [0.2, 0.25) is 0 Å². The molecule has 0 fully saturated rings. The van der Waals surface area contributed by atoms with Crippen molar-refractivity contribution in [3.05, 3.63) is 28.9 Å². The highest BCUT2D eigenvalue weighted by atomic mass is 35.5. The molecule has 84 valence electrons. The van der Waals surface area contributed by atoms with E-state index in [1.165, 1.54) is 0 Å². The maximum Gasteiger partial charge on any atom is 0.312 e. The van der Waals surface area contributed by atoms with Gasteiger partial charge in [0.05, 0.1) is 16.6 Å². The first-order chi connectivity index (χ1) is 7.52. The predicted octanol–water partition coefficient (Wildman–Crippen LogP) is 2.41. The molecule has 0 aliphatic heterocycles. The van der Waals surface area contributed by atoms with Crippen LogP contribution in [-0.4, -0.2) is 20.9 Å². The third kappa shape index (κ3) is 1.55. The fraction of sp³-hybridized carbons (Fsp3) is 0.273. The molecule has 1 unspecified atom stereocenters. The van der Waals surface area contributed by atoms with Gasteiger partial charge in [-0.1, -0.05) is 23.7 Å². The van der Waals surface area contributed by atoms with Crippen LogP contribution in [0.3, 0.4) is 0 Å². The van der Waals surface area contributed by atoms with E-state index >= 15 is 0 Å². The predicted molar refractivity (Wildman–Crippen MR) is 61.8 cm³/mol. The Kier molecular flexibility index (Phi) is 2.59. The van der Waals surface area contributed by atoms with E-state index in [2.05, 4.69) is 5.10 Å². The van der Waals surface area contributed by atoms with Crippen LogP contribution in [0.4, 0.5) is 0 Å². The number of halogens is 1. The number of aromatic nitrogens is 2. The number of fused-ring (bicyclic) bond motifs is 1. The van der Waals surface area contributed by atoms with Gasteiger partial charge in [0, 0.05) is 12.4 Å². The molecule has 0 bridgehead atoms. The zero-order valence-corrected chi connectivity index (χ0v) is 9.69. The molecule has 1 N–H and O–H groups in total. The Bertz CT molecular complexity index is 562. The molecule has 1 atom stereocenters. The van der Waals surface area contributed by atoms with Crippen molar-refractivity contribution in [3.8, 4) is 0 Å². The van der Waals surface area contributed by atoms with Gasteiger partial charge < -0.3 is 5.11 Å². The molecule has 0 radical (unpaired) electrons. The SMILES string of the molecule is CC(C(=O)O)c1c2cccc(Cl)c2nn1C. The lowest BCUT2D eigenvalue weighted by Gasteiger charge is -2.06. The maximum atomic E-state index is 11.0. The van der Waals surface area contributed by atoms with Crippen molar-refractivity contribution in [2.75, 3.05) is 0 Å². The van der Waals surface area contributed by atoms with Gasteiger partial charge >= 0.3 is 5.97 Å². The van der Waals surface area contributed by atoms with Gasteiger partial charge in [0.15, 0.2) is 0 Å². The zero-order chi connectivity index (χ0) is 11.9. The van der Waals surface area contributed by atoms with Gasteiger partial charge in [-0.3, -0.25) is 9.48 Å². The Labute approximate surface area is 97.4 Å². The van der Waals surface area contributed by atoms with Crippen molar-refractivity contribution >= 4 is 28.5 Å². The standard InChI is InChI=1S/C11H11ClN2O2/c1-6(11(15)16)10-7-4-3-5-8(12)9(7)13-14(10)2/h3-6H,1-2H3,(H,15,16). The lowest BCUT2D eigenvalue weighted by Crippen LogP contribution is -2.12. The molecule has 16 heavy (non-hydrogen) atoms. The van der Waals surface area contributed by atoms with E-state index < -0.39 is 11.9 Å².